The van der Waals surface area contributed by atoms with Crippen molar-refractivity contribution in [2.45, 2.75) is 57.9 Å². The van der Waals surface area contributed by atoms with E-state index in [0.717, 1.165) is 42.0 Å². The van der Waals surface area contributed by atoms with Gasteiger partial charge in [-0.05, 0) is 55.7 Å². The molecular formula is C20H34IN3O2S. The van der Waals surface area contributed by atoms with Gasteiger partial charge in [0.1, 0.15) is 0 Å². The SMILES string of the molecule is CCNC(=NCc1ccc(S(C)(=O)=O)c(C)c1)NCC1CCCC(C)C1.I. The van der Waals surface area contributed by atoms with Crippen molar-refractivity contribution in [2.75, 3.05) is 19.3 Å². The molecular weight excluding hydrogens is 473 g/mol. The highest BCUT2D eigenvalue weighted by Crippen LogP contribution is 2.27. The number of nitrogens with zero attached hydrogens (tertiary/aromatic N) is 1. The molecule has 2 N–H and O–H groups in total. The highest BCUT2D eigenvalue weighted by molar-refractivity contribution is 14.0. The van der Waals surface area contributed by atoms with Crippen LogP contribution in [0.2, 0.25) is 0 Å². The highest BCUT2D eigenvalue weighted by Gasteiger charge is 2.18. The summed E-state index contributed by atoms with van der Waals surface area (Å²) in [5, 5.41) is 6.77. The standard InChI is InChI=1S/C20H33N3O2S.HI/c1-5-21-20(22-13-17-8-6-7-15(2)11-17)23-14-18-9-10-19(16(3)12-18)26(4,24)25;/h9-10,12,15,17H,5-8,11,13-14H2,1-4H3,(H2,21,22,23);1H. The number of sulfone groups is 1. The molecule has 1 aromatic rings. The highest BCUT2D eigenvalue weighted by atomic mass is 127. The third kappa shape index (κ3) is 7.97. The number of rotatable bonds is 6. The molecule has 1 fully saturated rings. The van der Waals surface area contributed by atoms with Crippen LogP contribution in [0.15, 0.2) is 28.1 Å². The average molecular weight is 507 g/mol. The Kier molecular flexibility index (Phi) is 10.1. The van der Waals surface area contributed by atoms with E-state index in [1.807, 2.05) is 19.1 Å². The molecule has 2 rings (SSSR count). The van der Waals surface area contributed by atoms with Crippen molar-refractivity contribution < 1.29 is 8.42 Å². The van der Waals surface area contributed by atoms with Crippen molar-refractivity contribution in [3.05, 3.63) is 29.3 Å². The molecule has 7 heteroatoms. The van der Waals surface area contributed by atoms with Gasteiger partial charge < -0.3 is 10.6 Å². The summed E-state index contributed by atoms with van der Waals surface area (Å²) in [4.78, 5) is 5.06. The van der Waals surface area contributed by atoms with Crippen LogP contribution in [0.3, 0.4) is 0 Å². The molecule has 0 saturated heterocycles. The van der Waals surface area contributed by atoms with E-state index in [2.05, 4.69) is 29.5 Å². The third-order valence-electron chi connectivity index (χ3n) is 5.01. The van der Waals surface area contributed by atoms with Crippen LogP contribution in [0.4, 0.5) is 0 Å². The van der Waals surface area contributed by atoms with E-state index in [4.69, 9.17) is 0 Å². The number of hydrogen-bond acceptors (Lipinski definition) is 3. The molecule has 2 atom stereocenters. The Morgan fingerprint density at radius 2 is 2.00 bits per heavy atom. The first-order chi connectivity index (χ1) is 12.3. The van der Waals surface area contributed by atoms with Gasteiger partial charge in [-0.2, -0.15) is 0 Å². The Morgan fingerprint density at radius 3 is 2.59 bits per heavy atom. The number of guanidine groups is 1. The van der Waals surface area contributed by atoms with Gasteiger partial charge in [0.25, 0.3) is 0 Å². The third-order valence-corrected chi connectivity index (χ3v) is 6.26. The molecule has 2 unspecified atom stereocenters. The van der Waals surface area contributed by atoms with Crippen LogP contribution in [0.5, 0.6) is 0 Å². The lowest BCUT2D eigenvalue weighted by molar-refractivity contribution is 0.282. The predicted octanol–water partition coefficient (Wildman–Crippen LogP) is 3.90. The first kappa shape index (κ1) is 24.2. The molecule has 0 spiro atoms. The maximum atomic E-state index is 11.7. The quantitative estimate of drug-likeness (QED) is 0.348. The Hall–Kier alpha value is -0.830. The lowest BCUT2D eigenvalue weighted by Gasteiger charge is -2.27. The summed E-state index contributed by atoms with van der Waals surface area (Å²) in [6.45, 7) is 8.54. The maximum absolute atomic E-state index is 11.7. The van der Waals surface area contributed by atoms with Crippen LogP contribution in [0, 0.1) is 18.8 Å². The van der Waals surface area contributed by atoms with Gasteiger partial charge in [-0.25, -0.2) is 13.4 Å². The number of nitrogens with one attached hydrogen (secondary N) is 2. The number of aliphatic imine (C=N–C) groups is 1. The first-order valence-electron chi connectivity index (χ1n) is 9.61. The van der Waals surface area contributed by atoms with Crippen LogP contribution in [-0.4, -0.2) is 33.7 Å². The number of aryl methyl sites for hydroxylation is 1. The minimum absolute atomic E-state index is 0. The van der Waals surface area contributed by atoms with Crippen molar-refractivity contribution in [2.24, 2.45) is 16.8 Å². The van der Waals surface area contributed by atoms with Gasteiger partial charge >= 0.3 is 0 Å². The van der Waals surface area contributed by atoms with Crippen LogP contribution < -0.4 is 10.6 Å². The molecule has 0 amide bonds. The molecule has 0 heterocycles. The summed E-state index contributed by atoms with van der Waals surface area (Å²) >= 11 is 0. The zero-order valence-electron chi connectivity index (χ0n) is 16.9. The Labute approximate surface area is 181 Å². The van der Waals surface area contributed by atoms with Gasteiger partial charge in [0.05, 0.1) is 11.4 Å². The summed E-state index contributed by atoms with van der Waals surface area (Å²) in [5.41, 5.74) is 1.78. The largest absolute Gasteiger partial charge is 0.357 e. The van der Waals surface area contributed by atoms with E-state index in [-0.39, 0.29) is 24.0 Å². The molecule has 1 aliphatic carbocycles. The van der Waals surface area contributed by atoms with Gasteiger partial charge in [0.15, 0.2) is 15.8 Å². The van der Waals surface area contributed by atoms with Crippen molar-refractivity contribution in [3.8, 4) is 0 Å². The Balaban J connectivity index is 0.00000364. The second-order valence-corrected chi connectivity index (χ2v) is 9.57. The van der Waals surface area contributed by atoms with Crippen LogP contribution >= 0.6 is 24.0 Å². The van der Waals surface area contributed by atoms with Crippen molar-refractivity contribution in [3.63, 3.8) is 0 Å². The summed E-state index contributed by atoms with van der Waals surface area (Å²) in [6.07, 6.45) is 6.51. The lowest BCUT2D eigenvalue weighted by atomic mass is 9.82. The van der Waals surface area contributed by atoms with Crippen LogP contribution in [0.1, 0.15) is 50.7 Å². The molecule has 0 aromatic heterocycles. The minimum Gasteiger partial charge on any atom is -0.357 e. The number of halogens is 1. The van der Waals surface area contributed by atoms with Crippen LogP contribution in [-0.2, 0) is 16.4 Å². The second kappa shape index (κ2) is 11.2. The molecule has 0 aliphatic heterocycles. The molecule has 1 aromatic carbocycles. The maximum Gasteiger partial charge on any atom is 0.191 e. The molecule has 0 radical (unpaired) electrons. The van der Waals surface area contributed by atoms with Gasteiger partial charge in [-0.15, -0.1) is 24.0 Å². The van der Waals surface area contributed by atoms with Crippen molar-refractivity contribution in [1.29, 1.82) is 0 Å². The van der Waals surface area contributed by atoms with E-state index in [9.17, 15) is 8.42 Å². The Bertz CT molecular complexity index is 735. The van der Waals surface area contributed by atoms with Crippen molar-refractivity contribution in [1.82, 2.24) is 10.6 Å². The monoisotopic (exact) mass is 507 g/mol. The fraction of sp³-hybridized carbons (Fsp3) is 0.650. The van der Waals surface area contributed by atoms with Crippen LogP contribution in [0.25, 0.3) is 0 Å². The van der Waals surface area contributed by atoms with E-state index in [1.54, 1.807) is 6.07 Å². The molecule has 1 saturated carbocycles. The number of hydrogen-bond donors (Lipinski definition) is 2. The summed E-state index contributed by atoms with van der Waals surface area (Å²) in [5.74, 6) is 2.38. The number of benzene rings is 1. The topological polar surface area (TPSA) is 70.6 Å². The molecule has 0 bridgehead atoms. The fourth-order valence-corrected chi connectivity index (χ4v) is 4.68. The average Bonchev–Trinajstić information content (AvgIpc) is 2.56. The van der Waals surface area contributed by atoms with E-state index >= 15 is 0 Å². The molecule has 154 valence electrons. The zero-order chi connectivity index (χ0) is 19.2. The normalized spacial score (nSPS) is 20.7. The van der Waals surface area contributed by atoms with E-state index < -0.39 is 9.84 Å². The molecule has 5 nitrogen and oxygen atoms in total. The van der Waals surface area contributed by atoms with Crippen molar-refractivity contribution >= 4 is 39.8 Å². The summed E-state index contributed by atoms with van der Waals surface area (Å²) < 4.78 is 23.5. The zero-order valence-corrected chi connectivity index (χ0v) is 20.1. The van der Waals surface area contributed by atoms with Gasteiger partial charge in [-0.3, -0.25) is 0 Å². The lowest BCUT2D eigenvalue weighted by Crippen LogP contribution is -2.40. The van der Waals surface area contributed by atoms with E-state index in [1.165, 1.54) is 31.9 Å². The molecule has 27 heavy (non-hydrogen) atoms. The smallest absolute Gasteiger partial charge is 0.191 e. The summed E-state index contributed by atoms with van der Waals surface area (Å²) in [7, 11) is -3.18. The Morgan fingerprint density at radius 1 is 1.26 bits per heavy atom. The molecule has 1 aliphatic rings. The minimum atomic E-state index is -3.18. The summed E-state index contributed by atoms with van der Waals surface area (Å²) in [6, 6.07) is 5.44. The second-order valence-electron chi connectivity index (χ2n) is 7.59. The van der Waals surface area contributed by atoms with Gasteiger partial charge in [0, 0.05) is 19.3 Å². The predicted molar refractivity (Wildman–Crippen MR) is 124 cm³/mol. The van der Waals surface area contributed by atoms with Gasteiger partial charge in [0.2, 0.25) is 0 Å². The first-order valence-corrected chi connectivity index (χ1v) is 11.5. The van der Waals surface area contributed by atoms with Gasteiger partial charge in [-0.1, -0.05) is 31.9 Å². The fourth-order valence-electron chi connectivity index (χ4n) is 3.72. The van der Waals surface area contributed by atoms with E-state index in [0.29, 0.717) is 11.4 Å².